The Kier molecular flexibility index (Phi) is 4.54. The van der Waals surface area contributed by atoms with E-state index in [2.05, 4.69) is 55.3 Å². The van der Waals surface area contributed by atoms with Gasteiger partial charge in [0.2, 0.25) is 0 Å². The maximum atomic E-state index is 3.87. The number of likely N-dealkylation sites (tertiary alicyclic amines) is 1. The lowest BCUT2D eigenvalue weighted by molar-refractivity contribution is 0.0518. The molecule has 2 heteroatoms. The van der Waals surface area contributed by atoms with Gasteiger partial charge in [0, 0.05) is 30.9 Å². The molecule has 2 nitrogen and oxygen atoms in total. The minimum absolute atomic E-state index is 0.682. The second-order valence-electron chi connectivity index (χ2n) is 7.22. The van der Waals surface area contributed by atoms with Crippen molar-refractivity contribution >= 4 is 5.69 Å². The summed E-state index contributed by atoms with van der Waals surface area (Å²) in [5.41, 5.74) is 2.74. The maximum absolute atomic E-state index is 3.87. The molecule has 1 aliphatic heterocycles. The van der Waals surface area contributed by atoms with Crippen LogP contribution in [0.25, 0.3) is 0 Å². The first-order chi connectivity index (χ1) is 10.2. The molecule has 1 saturated carbocycles. The van der Waals surface area contributed by atoms with Gasteiger partial charge in [-0.15, -0.1) is 0 Å². The van der Waals surface area contributed by atoms with Gasteiger partial charge in [-0.2, -0.15) is 0 Å². The highest BCUT2D eigenvalue weighted by molar-refractivity contribution is 5.46. The molecule has 0 amide bonds. The van der Waals surface area contributed by atoms with Gasteiger partial charge >= 0.3 is 0 Å². The van der Waals surface area contributed by atoms with Crippen molar-refractivity contribution in [1.29, 1.82) is 0 Å². The molecule has 2 fully saturated rings. The zero-order valence-corrected chi connectivity index (χ0v) is 13.8. The second-order valence-corrected chi connectivity index (χ2v) is 7.22. The van der Waals surface area contributed by atoms with Crippen LogP contribution in [0, 0.1) is 11.8 Å². The number of nitrogens with zero attached hydrogens (tertiary/aromatic N) is 1. The van der Waals surface area contributed by atoms with Crippen LogP contribution < -0.4 is 5.32 Å². The number of benzene rings is 1. The van der Waals surface area contributed by atoms with Crippen LogP contribution in [0.4, 0.5) is 5.69 Å². The fourth-order valence-corrected chi connectivity index (χ4v) is 4.16. The third kappa shape index (κ3) is 3.26. The van der Waals surface area contributed by atoms with Crippen LogP contribution in [0.2, 0.25) is 0 Å². The molecule has 0 radical (unpaired) electrons. The minimum Gasteiger partial charge on any atom is -0.382 e. The predicted octanol–water partition coefficient (Wildman–Crippen LogP) is 4.17. The summed E-state index contributed by atoms with van der Waals surface area (Å²) in [5.74, 6) is 1.65. The summed E-state index contributed by atoms with van der Waals surface area (Å²) >= 11 is 0. The highest BCUT2D eigenvalue weighted by atomic mass is 15.2. The Balaban J connectivity index is 1.70. The van der Waals surface area contributed by atoms with E-state index in [0.717, 1.165) is 18.3 Å². The van der Waals surface area contributed by atoms with Crippen LogP contribution >= 0.6 is 0 Å². The van der Waals surface area contributed by atoms with Gasteiger partial charge in [-0.05, 0) is 62.6 Å². The third-order valence-corrected chi connectivity index (χ3v) is 5.53. The van der Waals surface area contributed by atoms with E-state index >= 15 is 0 Å². The molecular weight excluding hydrogens is 256 g/mol. The van der Waals surface area contributed by atoms with E-state index in [1.807, 2.05) is 0 Å². The smallest absolute Gasteiger partial charge is 0.0342 e. The van der Waals surface area contributed by atoms with Crippen molar-refractivity contribution < 1.29 is 0 Å². The van der Waals surface area contributed by atoms with Crippen molar-refractivity contribution in [2.45, 2.75) is 58.5 Å². The Bertz CT molecular complexity index is 437. The van der Waals surface area contributed by atoms with Gasteiger partial charge in [-0.3, -0.25) is 0 Å². The Labute approximate surface area is 129 Å². The lowest BCUT2D eigenvalue weighted by Crippen LogP contribution is -2.56. The highest BCUT2D eigenvalue weighted by Gasteiger charge is 2.39. The second kappa shape index (κ2) is 6.39. The summed E-state index contributed by atoms with van der Waals surface area (Å²) < 4.78 is 0. The van der Waals surface area contributed by atoms with Gasteiger partial charge in [-0.25, -0.2) is 0 Å². The Morgan fingerprint density at radius 3 is 2.24 bits per heavy atom. The van der Waals surface area contributed by atoms with Gasteiger partial charge in [0.1, 0.15) is 0 Å². The number of anilines is 1. The van der Waals surface area contributed by atoms with Crippen molar-refractivity contribution in [2.24, 2.45) is 11.8 Å². The number of fused-ring (bicyclic) bond motifs is 2. The van der Waals surface area contributed by atoms with Crippen LogP contribution in [-0.4, -0.2) is 30.1 Å². The molecular formula is C19H30N2. The monoisotopic (exact) mass is 286 g/mol. The molecule has 1 aromatic carbocycles. The predicted molar refractivity (Wildman–Crippen MR) is 90.8 cm³/mol. The first kappa shape index (κ1) is 14.9. The quantitative estimate of drug-likeness (QED) is 0.893. The fourth-order valence-electron chi connectivity index (χ4n) is 4.16. The van der Waals surface area contributed by atoms with Crippen LogP contribution in [0.5, 0.6) is 0 Å². The summed E-state index contributed by atoms with van der Waals surface area (Å²) in [6.07, 6.45) is 5.33. The summed E-state index contributed by atoms with van der Waals surface area (Å²) in [4.78, 5) is 2.69. The third-order valence-electron chi connectivity index (χ3n) is 5.53. The Morgan fingerprint density at radius 2 is 1.71 bits per heavy atom. The fraction of sp³-hybridized carbons (Fsp3) is 0.684. The number of rotatable bonds is 4. The van der Waals surface area contributed by atoms with Gasteiger partial charge in [-0.1, -0.05) is 25.5 Å². The van der Waals surface area contributed by atoms with Gasteiger partial charge in [0.15, 0.2) is 0 Å². The van der Waals surface area contributed by atoms with Crippen LogP contribution in [-0.2, 0) is 6.42 Å². The molecule has 0 aromatic heterocycles. The number of hydrogen-bond donors (Lipinski definition) is 1. The van der Waals surface area contributed by atoms with Gasteiger partial charge < -0.3 is 10.2 Å². The summed E-state index contributed by atoms with van der Waals surface area (Å²) in [6, 6.07) is 10.4. The summed E-state index contributed by atoms with van der Waals surface area (Å²) in [5, 5.41) is 3.87. The molecule has 1 saturated heterocycles. The van der Waals surface area contributed by atoms with E-state index in [1.54, 1.807) is 0 Å². The number of nitrogens with one attached hydrogen (secondary N) is 1. The zero-order valence-electron chi connectivity index (χ0n) is 13.8. The molecule has 2 unspecified atom stereocenters. The molecule has 1 aromatic rings. The van der Waals surface area contributed by atoms with E-state index in [4.69, 9.17) is 0 Å². The number of aryl methyl sites for hydroxylation is 1. The number of hydrogen-bond acceptors (Lipinski definition) is 2. The van der Waals surface area contributed by atoms with E-state index in [-0.39, 0.29) is 0 Å². The molecule has 2 atom stereocenters. The lowest BCUT2D eigenvalue weighted by Gasteiger charge is -2.49. The average Bonchev–Trinajstić information content (AvgIpc) is 2.47. The SMILES string of the molecule is CCc1ccc(NC2C3CCCC2CN(C(C)C)C3)cc1. The van der Waals surface area contributed by atoms with Crippen LogP contribution in [0.1, 0.15) is 45.6 Å². The molecule has 1 heterocycles. The van der Waals surface area contributed by atoms with E-state index in [1.165, 1.54) is 43.6 Å². The van der Waals surface area contributed by atoms with Crippen molar-refractivity contribution in [1.82, 2.24) is 4.90 Å². The standard InChI is InChI=1S/C19H30N2/c1-4-15-8-10-18(11-9-15)20-19-16-6-5-7-17(19)13-21(12-16)14(2)3/h8-11,14,16-17,19-20H,4-7,12-13H2,1-3H3. The normalized spacial score (nSPS) is 29.6. The molecule has 116 valence electrons. The van der Waals surface area contributed by atoms with E-state index in [9.17, 15) is 0 Å². The van der Waals surface area contributed by atoms with E-state index < -0.39 is 0 Å². The maximum Gasteiger partial charge on any atom is 0.0342 e. The van der Waals surface area contributed by atoms with Gasteiger partial charge in [0.25, 0.3) is 0 Å². The lowest BCUT2D eigenvalue weighted by atomic mass is 9.73. The molecule has 2 bridgehead atoms. The van der Waals surface area contributed by atoms with Crippen molar-refractivity contribution in [3.63, 3.8) is 0 Å². The average molecular weight is 286 g/mol. The first-order valence-corrected chi connectivity index (χ1v) is 8.77. The Morgan fingerprint density at radius 1 is 1.10 bits per heavy atom. The molecule has 0 spiro atoms. The summed E-state index contributed by atoms with van der Waals surface area (Å²) in [6.45, 7) is 9.45. The molecule has 3 rings (SSSR count). The molecule has 1 N–H and O–H groups in total. The minimum atomic E-state index is 0.682. The largest absolute Gasteiger partial charge is 0.382 e. The zero-order chi connectivity index (χ0) is 14.8. The van der Waals surface area contributed by atoms with E-state index in [0.29, 0.717) is 12.1 Å². The van der Waals surface area contributed by atoms with Crippen LogP contribution in [0.3, 0.4) is 0 Å². The summed E-state index contributed by atoms with van der Waals surface area (Å²) in [7, 11) is 0. The highest BCUT2D eigenvalue weighted by Crippen LogP contribution is 2.37. The topological polar surface area (TPSA) is 15.3 Å². The first-order valence-electron chi connectivity index (χ1n) is 8.77. The molecule has 21 heavy (non-hydrogen) atoms. The van der Waals surface area contributed by atoms with Crippen molar-refractivity contribution in [3.8, 4) is 0 Å². The molecule has 2 aliphatic rings. The van der Waals surface area contributed by atoms with Crippen LogP contribution in [0.15, 0.2) is 24.3 Å². The molecule has 1 aliphatic carbocycles. The van der Waals surface area contributed by atoms with Gasteiger partial charge in [0.05, 0.1) is 0 Å². The van der Waals surface area contributed by atoms with Crippen molar-refractivity contribution in [3.05, 3.63) is 29.8 Å². The Hall–Kier alpha value is -1.02. The number of piperidine rings is 1. The van der Waals surface area contributed by atoms with Crippen molar-refractivity contribution in [2.75, 3.05) is 18.4 Å².